The summed E-state index contributed by atoms with van der Waals surface area (Å²) in [5.41, 5.74) is -1.22. The summed E-state index contributed by atoms with van der Waals surface area (Å²) in [4.78, 5) is 0. The van der Waals surface area contributed by atoms with Gasteiger partial charge in [-0.25, -0.2) is 0 Å². The molecule has 0 fully saturated rings. The van der Waals surface area contributed by atoms with Crippen LogP contribution in [-0.2, 0) is 14.4 Å². The molecule has 0 spiro atoms. The molecule has 0 bridgehead atoms. The number of aliphatic hydroxyl groups is 3. The summed E-state index contributed by atoms with van der Waals surface area (Å²) in [7, 11) is -3.84. The molecule has 14 heavy (non-hydrogen) atoms. The lowest BCUT2D eigenvalue weighted by Crippen LogP contribution is -2.36. The zero-order valence-corrected chi connectivity index (χ0v) is 8.40. The largest absolute Gasteiger partial charge is 0.396 e. The minimum absolute atomic E-state index is 0.129. The molecule has 5 N–H and O–H groups in total. The highest BCUT2D eigenvalue weighted by Gasteiger charge is 2.30. The predicted molar refractivity (Wildman–Crippen MR) is 47.4 cm³/mol. The zero-order valence-electron chi connectivity index (χ0n) is 7.59. The molecule has 0 aliphatic rings. The third-order valence-corrected chi connectivity index (χ3v) is 3.03. The number of aliphatic hydroxyl groups excluding tert-OH is 3. The van der Waals surface area contributed by atoms with Crippen LogP contribution in [0.5, 0.6) is 0 Å². The van der Waals surface area contributed by atoms with Crippen LogP contribution in [0.15, 0.2) is 0 Å². The van der Waals surface area contributed by atoms with E-state index < -0.39 is 41.1 Å². The van der Waals surface area contributed by atoms with Gasteiger partial charge in [-0.05, 0) is 6.42 Å². The van der Waals surface area contributed by atoms with Crippen LogP contribution in [-0.4, -0.2) is 49.3 Å². The summed E-state index contributed by atoms with van der Waals surface area (Å²) in [6, 6.07) is 0. The Labute approximate surface area is 82.2 Å². The standard InChI is InChI=1S/C6H15NO6S/c7-13-14(11,12)2-1-6(3-8,4-9)5-10/h8-10H,1-5,7H2. The van der Waals surface area contributed by atoms with Gasteiger partial charge >= 0.3 is 0 Å². The normalized spacial score (nSPS) is 13.1. The molecule has 7 nitrogen and oxygen atoms in total. The summed E-state index contributed by atoms with van der Waals surface area (Å²) in [5.74, 6) is 4.02. The van der Waals surface area contributed by atoms with E-state index in [1.165, 1.54) is 0 Å². The molecule has 0 rings (SSSR count). The van der Waals surface area contributed by atoms with Gasteiger partial charge in [-0.15, -0.1) is 0 Å². The quantitative estimate of drug-likeness (QED) is 0.357. The Bertz CT molecular complexity index is 239. The Kier molecular flexibility index (Phi) is 5.49. The van der Waals surface area contributed by atoms with E-state index in [2.05, 4.69) is 10.2 Å². The molecule has 0 aromatic rings. The smallest absolute Gasteiger partial charge is 0.283 e. The van der Waals surface area contributed by atoms with Crippen molar-refractivity contribution in [2.24, 2.45) is 11.3 Å². The number of rotatable bonds is 7. The van der Waals surface area contributed by atoms with E-state index in [0.29, 0.717) is 0 Å². The van der Waals surface area contributed by atoms with Crippen molar-refractivity contribution in [1.82, 2.24) is 0 Å². The number of hydrogen-bond acceptors (Lipinski definition) is 7. The van der Waals surface area contributed by atoms with E-state index in [-0.39, 0.29) is 6.42 Å². The molecular weight excluding hydrogens is 214 g/mol. The molecule has 0 saturated carbocycles. The van der Waals surface area contributed by atoms with Crippen molar-refractivity contribution in [2.45, 2.75) is 6.42 Å². The third-order valence-electron chi connectivity index (χ3n) is 2.04. The van der Waals surface area contributed by atoms with Crippen LogP contribution in [0.25, 0.3) is 0 Å². The second kappa shape index (κ2) is 5.59. The highest BCUT2D eigenvalue weighted by atomic mass is 32.2. The molecule has 0 aliphatic carbocycles. The van der Waals surface area contributed by atoms with Crippen molar-refractivity contribution in [2.75, 3.05) is 25.6 Å². The first-order valence-corrected chi connectivity index (χ1v) is 5.46. The molecule has 0 aromatic heterocycles. The van der Waals surface area contributed by atoms with Crippen molar-refractivity contribution in [3.05, 3.63) is 0 Å². The van der Waals surface area contributed by atoms with Gasteiger partial charge in [0.1, 0.15) is 0 Å². The van der Waals surface area contributed by atoms with Gasteiger partial charge in [0, 0.05) is 5.41 Å². The van der Waals surface area contributed by atoms with E-state index in [9.17, 15) is 8.42 Å². The molecule has 86 valence electrons. The van der Waals surface area contributed by atoms with Gasteiger partial charge in [0.05, 0.1) is 25.6 Å². The first-order chi connectivity index (χ1) is 6.45. The minimum atomic E-state index is -3.84. The highest BCUT2D eigenvalue weighted by molar-refractivity contribution is 7.86. The fourth-order valence-electron chi connectivity index (χ4n) is 0.777. The van der Waals surface area contributed by atoms with Gasteiger partial charge in [-0.2, -0.15) is 18.6 Å². The second-order valence-corrected chi connectivity index (χ2v) is 4.80. The maximum Gasteiger partial charge on any atom is 0.283 e. The van der Waals surface area contributed by atoms with Gasteiger partial charge in [0.25, 0.3) is 10.1 Å². The van der Waals surface area contributed by atoms with Crippen molar-refractivity contribution in [3.63, 3.8) is 0 Å². The van der Waals surface area contributed by atoms with Gasteiger partial charge in [-0.3, -0.25) is 0 Å². The molecule has 0 amide bonds. The maximum absolute atomic E-state index is 10.8. The Hall–Kier alpha value is -0.250. The minimum Gasteiger partial charge on any atom is -0.396 e. The lowest BCUT2D eigenvalue weighted by Gasteiger charge is -2.26. The predicted octanol–water partition coefficient (Wildman–Crippen LogP) is -2.44. The lowest BCUT2D eigenvalue weighted by atomic mass is 9.88. The molecular formula is C6H15NO6S. The number of hydrogen-bond donors (Lipinski definition) is 4. The van der Waals surface area contributed by atoms with Crippen molar-refractivity contribution in [1.29, 1.82) is 0 Å². The molecule has 0 saturated heterocycles. The maximum atomic E-state index is 10.8. The Balaban J connectivity index is 4.34. The fourth-order valence-corrected chi connectivity index (χ4v) is 1.56. The topological polar surface area (TPSA) is 130 Å². The third kappa shape index (κ3) is 3.86. The summed E-state index contributed by atoms with van der Waals surface area (Å²) < 4.78 is 25.3. The number of nitrogens with two attached hydrogens (primary N) is 1. The van der Waals surface area contributed by atoms with Crippen LogP contribution in [0.1, 0.15) is 6.42 Å². The zero-order chi connectivity index (χ0) is 11.2. The Morgan fingerprint density at radius 2 is 1.57 bits per heavy atom. The SMILES string of the molecule is NOS(=O)(=O)CCC(CO)(CO)CO. The first-order valence-electron chi connectivity index (χ1n) is 3.89. The Morgan fingerprint density at radius 1 is 1.14 bits per heavy atom. The van der Waals surface area contributed by atoms with Crippen LogP contribution >= 0.6 is 0 Å². The molecule has 8 heteroatoms. The van der Waals surface area contributed by atoms with Crippen LogP contribution in [0.3, 0.4) is 0 Å². The van der Waals surface area contributed by atoms with Gasteiger partial charge in [0.2, 0.25) is 0 Å². The van der Waals surface area contributed by atoms with E-state index >= 15 is 0 Å². The highest BCUT2D eigenvalue weighted by Crippen LogP contribution is 2.20. The van der Waals surface area contributed by atoms with E-state index in [1.807, 2.05) is 0 Å². The van der Waals surface area contributed by atoms with Gasteiger partial charge in [0.15, 0.2) is 0 Å². The molecule has 0 unspecified atom stereocenters. The van der Waals surface area contributed by atoms with Crippen molar-refractivity contribution < 1.29 is 28.0 Å². The van der Waals surface area contributed by atoms with E-state index in [4.69, 9.17) is 15.3 Å². The second-order valence-electron chi connectivity index (χ2n) is 3.08. The fraction of sp³-hybridized carbons (Fsp3) is 1.00. The first kappa shape index (κ1) is 13.8. The van der Waals surface area contributed by atoms with Crippen LogP contribution < -0.4 is 5.90 Å². The van der Waals surface area contributed by atoms with Gasteiger partial charge in [-0.1, -0.05) is 0 Å². The average Bonchev–Trinajstić information content (AvgIpc) is 2.21. The Morgan fingerprint density at radius 3 is 1.86 bits per heavy atom. The van der Waals surface area contributed by atoms with E-state index in [0.717, 1.165) is 0 Å². The van der Waals surface area contributed by atoms with Crippen LogP contribution in [0.2, 0.25) is 0 Å². The molecule has 0 aromatic carbocycles. The van der Waals surface area contributed by atoms with Gasteiger partial charge < -0.3 is 15.3 Å². The molecule has 0 radical (unpaired) electrons. The molecule has 0 heterocycles. The monoisotopic (exact) mass is 229 g/mol. The summed E-state index contributed by atoms with van der Waals surface area (Å²) in [5, 5.41) is 26.6. The molecule has 0 aliphatic heterocycles. The summed E-state index contributed by atoms with van der Waals surface area (Å²) in [6.45, 7) is -1.54. The van der Waals surface area contributed by atoms with Crippen LogP contribution in [0, 0.1) is 5.41 Å². The van der Waals surface area contributed by atoms with Crippen LogP contribution in [0.4, 0.5) is 0 Å². The summed E-state index contributed by atoms with van der Waals surface area (Å²) >= 11 is 0. The lowest BCUT2D eigenvalue weighted by molar-refractivity contribution is 0.00331. The van der Waals surface area contributed by atoms with Crippen molar-refractivity contribution in [3.8, 4) is 0 Å². The molecule has 0 atom stereocenters. The average molecular weight is 229 g/mol. The van der Waals surface area contributed by atoms with E-state index in [1.54, 1.807) is 0 Å². The van der Waals surface area contributed by atoms with Crippen molar-refractivity contribution >= 4 is 10.1 Å². The summed E-state index contributed by atoms with van der Waals surface area (Å²) in [6.07, 6.45) is -0.129.